The molecule has 6 rings (SSSR count). The van der Waals surface area contributed by atoms with Gasteiger partial charge < -0.3 is 29.2 Å². The lowest BCUT2D eigenvalue weighted by molar-refractivity contribution is 0.0256. The maximum atomic E-state index is 13.3. The third kappa shape index (κ3) is 4.03. The van der Waals surface area contributed by atoms with E-state index in [-0.39, 0.29) is 17.7 Å². The van der Waals surface area contributed by atoms with Gasteiger partial charge in [-0.1, -0.05) is 0 Å². The number of imidazole rings is 1. The van der Waals surface area contributed by atoms with Crippen LogP contribution in [0.3, 0.4) is 0 Å². The number of H-pyrrole nitrogens is 2. The largest absolute Gasteiger partial charge is 0.490 e. The van der Waals surface area contributed by atoms with Crippen molar-refractivity contribution >= 4 is 27.8 Å². The van der Waals surface area contributed by atoms with Crippen molar-refractivity contribution < 1.29 is 13.9 Å². The molecule has 11 nitrogen and oxygen atoms in total. The number of pyridine rings is 1. The van der Waals surface area contributed by atoms with Crippen LogP contribution in [-0.4, -0.2) is 49.0 Å². The second-order valence-corrected chi connectivity index (χ2v) is 8.74. The molecule has 0 unspecified atom stereocenters. The summed E-state index contributed by atoms with van der Waals surface area (Å²) in [6.45, 7) is 3.36. The Labute approximate surface area is 199 Å². The van der Waals surface area contributed by atoms with Crippen molar-refractivity contribution in [1.29, 1.82) is 0 Å². The highest BCUT2D eigenvalue weighted by molar-refractivity contribution is 5.96. The summed E-state index contributed by atoms with van der Waals surface area (Å²) in [6, 6.07) is 5.48. The average Bonchev–Trinajstić information content (AvgIpc) is 3.59. The zero-order valence-electron chi connectivity index (χ0n) is 19.4. The Balaban J connectivity index is 1.42. The van der Waals surface area contributed by atoms with Crippen LogP contribution in [0.2, 0.25) is 0 Å². The quantitative estimate of drug-likeness (QED) is 0.339. The molecule has 5 heterocycles. The molecule has 0 amide bonds. The van der Waals surface area contributed by atoms with Gasteiger partial charge in [0.05, 0.1) is 41.5 Å². The van der Waals surface area contributed by atoms with E-state index in [1.807, 2.05) is 32.2 Å². The molecule has 5 aromatic rings. The van der Waals surface area contributed by atoms with E-state index in [1.165, 1.54) is 6.39 Å². The van der Waals surface area contributed by atoms with E-state index >= 15 is 0 Å². The molecule has 1 saturated heterocycles. The minimum Gasteiger partial charge on any atom is -0.490 e. The van der Waals surface area contributed by atoms with Gasteiger partial charge in [0, 0.05) is 32.2 Å². The van der Waals surface area contributed by atoms with Crippen LogP contribution in [-0.2, 0) is 11.8 Å². The molecule has 1 aromatic carbocycles. The van der Waals surface area contributed by atoms with Crippen molar-refractivity contribution in [3.63, 3.8) is 0 Å². The Hall–Kier alpha value is -4.12. The fourth-order valence-electron chi connectivity index (χ4n) is 4.44. The van der Waals surface area contributed by atoms with Crippen molar-refractivity contribution in [3.05, 3.63) is 53.1 Å². The van der Waals surface area contributed by atoms with Crippen LogP contribution in [0, 0.1) is 0 Å². The number of hydrogen-bond acceptors (Lipinski definition) is 8. The van der Waals surface area contributed by atoms with Gasteiger partial charge in [0.15, 0.2) is 6.39 Å². The number of hydrogen-bond donors (Lipinski definition) is 3. The van der Waals surface area contributed by atoms with Crippen LogP contribution in [0.25, 0.3) is 33.5 Å². The summed E-state index contributed by atoms with van der Waals surface area (Å²) in [5.41, 5.74) is 4.13. The van der Waals surface area contributed by atoms with Crippen molar-refractivity contribution in [2.45, 2.75) is 31.9 Å². The topological polar surface area (TPSA) is 136 Å². The number of ether oxygens (including phenoxy) is 2. The minimum absolute atomic E-state index is 0.131. The molecular weight excluding hydrogens is 450 g/mol. The molecule has 180 valence electrons. The van der Waals surface area contributed by atoms with E-state index in [2.05, 4.69) is 25.4 Å². The number of nitrogens with one attached hydrogen (secondary N) is 3. The lowest BCUT2D eigenvalue weighted by atomic mass is 10.1. The second-order valence-electron chi connectivity index (χ2n) is 8.74. The van der Waals surface area contributed by atoms with Gasteiger partial charge >= 0.3 is 0 Å². The Morgan fingerprint density at radius 2 is 2.09 bits per heavy atom. The average molecular weight is 476 g/mol. The van der Waals surface area contributed by atoms with Crippen LogP contribution >= 0.6 is 0 Å². The molecule has 0 bridgehead atoms. The zero-order valence-corrected chi connectivity index (χ0v) is 19.4. The predicted molar refractivity (Wildman–Crippen MR) is 129 cm³/mol. The predicted octanol–water partition coefficient (Wildman–Crippen LogP) is 3.52. The van der Waals surface area contributed by atoms with Crippen LogP contribution in [0.5, 0.6) is 5.75 Å². The van der Waals surface area contributed by atoms with Gasteiger partial charge in [0.25, 0.3) is 5.56 Å². The summed E-state index contributed by atoms with van der Waals surface area (Å²) in [6.07, 6.45) is 6.58. The smallest absolute Gasteiger partial charge is 0.261 e. The highest BCUT2D eigenvalue weighted by Crippen LogP contribution is 2.33. The van der Waals surface area contributed by atoms with Crippen LogP contribution in [0.4, 0.5) is 5.69 Å². The number of nitrogens with zero attached hydrogens (tertiary/aromatic N) is 4. The van der Waals surface area contributed by atoms with Gasteiger partial charge in [-0.05, 0) is 19.1 Å². The van der Waals surface area contributed by atoms with Crippen molar-refractivity contribution in [2.24, 2.45) is 7.05 Å². The van der Waals surface area contributed by atoms with Gasteiger partial charge in [-0.25, -0.2) is 9.97 Å². The lowest BCUT2D eigenvalue weighted by Gasteiger charge is -2.23. The van der Waals surface area contributed by atoms with E-state index in [0.29, 0.717) is 47.0 Å². The third-order valence-electron chi connectivity index (χ3n) is 6.21. The summed E-state index contributed by atoms with van der Waals surface area (Å²) < 4.78 is 18.4. The molecule has 35 heavy (non-hydrogen) atoms. The monoisotopic (exact) mass is 475 g/mol. The summed E-state index contributed by atoms with van der Waals surface area (Å²) in [4.78, 5) is 28.5. The number of aryl methyl sites for hydroxylation is 1. The summed E-state index contributed by atoms with van der Waals surface area (Å²) in [5.74, 6) is 1.19. The number of benzene rings is 1. The summed E-state index contributed by atoms with van der Waals surface area (Å²) in [7, 11) is 1.81. The number of fused-ring (bicyclic) bond motifs is 2. The Morgan fingerprint density at radius 1 is 1.23 bits per heavy atom. The Bertz CT molecular complexity index is 1540. The van der Waals surface area contributed by atoms with E-state index in [1.54, 1.807) is 17.1 Å². The van der Waals surface area contributed by atoms with E-state index in [4.69, 9.17) is 18.9 Å². The minimum atomic E-state index is -0.280. The number of anilines is 1. The summed E-state index contributed by atoms with van der Waals surface area (Å²) in [5, 5.41) is 7.98. The molecule has 3 N–H and O–H groups in total. The van der Waals surface area contributed by atoms with Crippen molar-refractivity contribution in [3.8, 4) is 17.1 Å². The fourth-order valence-corrected chi connectivity index (χ4v) is 4.44. The number of oxazole rings is 1. The van der Waals surface area contributed by atoms with Gasteiger partial charge in [0.1, 0.15) is 40.7 Å². The van der Waals surface area contributed by atoms with E-state index < -0.39 is 0 Å². The maximum Gasteiger partial charge on any atom is 0.261 e. The number of aromatic amines is 2. The molecule has 4 aromatic heterocycles. The maximum absolute atomic E-state index is 13.3. The molecule has 0 spiro atoms. The molecule has 0 saturated carbocycles. The Kier molecular flexibility index (Phi) is 5.25. The number of aromatic nitrogens is 6. The first-order chi connectivity index (χ1) is 17.0. The SMILES string of the molecule is C[C@H](Nc1c(-c2nc3ccc(OC4CCOCC4)cc3[nH]2)c(=O)[nH]c2cn(C)nc12)c1cocn1. The zero-order chi connectivity index (χ0) is 23.9. The molecule has 0 aliphatic carbocycles. The standard InChI is InChI=1S/C24H25N7O4/c1-13(19-11-34-12-25-19)26-22-20(24(32)29-18-10-31(2)30-21(18)22)23-27-16-4-3-15(9-17(16)28-23)35-14-5-7-33-8-6-14/h3-4,9-14,26H,5-8H2,1-2H3,(H,27,28)(H,29,32)/t13-/m0/s1. The molecule has 1 atom stereocenters. The van der Waals surface area contributed by atoms with Gasteiger partial charge in [-0.2, -0.15) is 5.10 Å². The van der Waals surface area contributed by atoms with Crippen LogP contribution < -0.4 is 15.6 Å². The van der Waals surface area contributed by atoms with E-state index in [0.717, 1.165) is 29.6 Å². The highest BCUT2D eigenvalue weighted by Gasteiger charge is 2.23. The first-order valence-corrected chi connectivity index (χ1v) is 11.5. The molecular formula is C24H25N7O4. The van der Waals surface area contributed by atoms with E-state index in [9.17, 15) is 4.79 Å². The molecule has 1 fully saturated rings. The van der Waals surface area contributed by atoms with Gasteiger partial charge in [-0.3, -0.25) is 9.48 Å². The molecule has 0 radical (unpaired) electrons. The normalized spacial score (nSPS) is 15.6. The Morgan fingerprint density at radius 3 is 2.89 bits per heavy atom. The third-order valence-corrected chi connectivity index (χ3v) is 6.21. The first-order valence-electron chi connectivity index (χ1n) is 11.5. The lowest BCUT2D eigenvalue weighted by Crippen LogP contribution is -2.25. The van der Waals surface area contributed by atoms with Crippen LogP contribution in [0.15, 0.2) is 46.3 Å². The molecule has 1 aliphatic rings. The second kappa shape index (κ2) is 8.58. The fraction of sp³-hybridized carbons (Fsp3) is 0.333. The molecule has 11 heteroatoms. The van der Waals surface area contributed by atoms with Gasteiger partial charge in [-0.15, -0.1) is 0 Å². The van der Waals surface area contributed by atoms with Crippen molar-refractivity contribution in [1.82, 2.24) is 29.7 Å². The summed E-state index contributed by atoms with van der Waals surface area (Å²) >= 11 is 0. The van der Waals surface area contributed by atoms with Crippen molar-refractivity contribution in [2.75, 3.05) is 18.5 Å². The first kappa shape index (κ1) is 21.4. The number of rotatable bonds is 6. The highest BCUT2D eigenvalue weighted by atomic mass is 16.5. The van der Waals surface area contributed by atoms with Gasteiger partial charge in [0.2, 0.25) is 0 Å². The van der Waals surface area contributed by atoms with Crippen LogP contribution in [0.1, 0.15) is 31.5 Å². The molecule has 1 aliphatic heterocycles.